The molecule has 9 nitrogen and oxygen atoms in total. The molecule has 0 amide bonds. The minimum Gasteiger partial charge on any atom is -0.497 e. The molecule has 2 saturated carbocycles. The molecule has 68 heavy (non-hydrogen) atoms. The summed E-state index contributed by atoms with van der Waals surface area (Å²) in [5, 5.41) is 15.1. The van der Waals surface area contributed by atoms with Crippen LogP contribution in [0.15, 0.2) is 107 Å². The maximum atomic E-state index is 6.89. The van der Waals surface area contributed by atoms with Gasteiger partial charge in [0, 0.05) is 61.0 Å². The van der Waals surface area contributed by atoms with Gasteiger partial charge in [-0.2, -0.15) is 0 Å². The van der Waals surface area contributed by atoms with Crippen molar-refractivity contribution >= 4 is 33.0 Å². The van der Waals surface area contributed by atoms with Crippen LogP contribution in [0.4, 0.5) is 0 Å². The van der Waals surface area contributed by atoms with Gasteiger partial charge in [-0.1, -0.05) is 83.8 Å². The molecule has 3 aliphatic heterocycles. The lowest BCUT2D eigenvalue weighted by atomic mass is 9.74. The Morgan fingerprint density at radius 1 is 0.529 bits per heavy atom. The average Bonchev–Trinajstić information content (AvgIpc) is 4.14. The molecule has 0 aromatic heterocycles. The highest BCUT2D eigenvalue weighted by atomic mass is 16.6. The SMILES string of the molecule is COc1ccc2cc(/C(=N/OC3CCOCC3)C3CCCN(C4CCC(C5CCC(O/N=C(/c6ccc7cc(OC)ccc7c6)C6CCCN(C7CCCC7)C6)c6ccccc65)C4)C3)ccc2c1. The van der Waals surface area contributed by atoms with E-state index in [0.29, 0.717) is 35.8 Å². The maximum Gasteiger partial charge on any atom is 0.152 e. The topological polar surface area (TPSA) is 77.3 Å². The fraction of sp³-hybridized carbons (Fsp3) is 0.525. The monoisotopic (exact) mass is 917 g/mol. The van der Waals surface area contributed by atoms with Crippen molar-refractivity contribution in [3.63, 3.8) is 0 Å². The lowest BCUT2D eigenvalue weighted by Crippen LogP contribution is -2.44. The van der Waals surface area contributed by atoms with Crippen molar-refractivity contribution < 1.29 is 23.9 Å². The van der Waals surface area contributed by atoms with Crippen molar-refractivity contribution in [3.8, 4) is 11.5 Å². The van der Waals surface area contributed by atoms with Gasteiger partial charge in [-0.3, -0.25) is 9.80 Å². The molecular weight excluding hydrogens is 845 g/mol. The van der Waals surface area contributed by atoms with Crippen molar-refractivity contribution in [2.24, 2.45) is 28.1 Å². The minimum absolute atomic E-state index is 0.0463. The fourth-order valence-electron chi connectivity index (χ4n) is 13.2. The van der Waals surface area contributed by atoms with Gasteiger partial charge in [0.1, 0.15) is 17.6 Å². The van der Waals surface area contributed by atoms with Crippen molar-refractivity contribution in [1.29, 1.82) is 0 Å². The summed E-state index contributed by atoms with van der Waals surface area (Å²) in [4.78, 5) is 18.9. The van der Waals surface area contributed by atoms with Gasteiger partial charge in [0.15, 0.2) is 6.10 Å². The number of benzene rings is 5. The van der Waals surface area contributed by atoms with E-state index in [1.807, 2.05) is 0 Å². The Morgan fingerprint density at radius 2 is 1.10 bits per heavy atom. The number of methoxy groups -OCH3 is 2. The average molecular weight is 917 g/mol. The molecule has 5 fully saturated rings. The van der Waals surface area contributed by atoms with Gasteiger partial charge < -0.3 is 23.9 Å². The number of ether oxygens (including phenoxy) is 3. The second-order valence-electron chi connectivity index (χ2n) is 21.0. The molecule has 3 aliphatic carbocycles. The second-order valence-corrected chi connectivity index (χ2v) is 21.0. The lowest BCUT2D eigenvalue weighted by Gasteiger charge is -2.38. The third kappa shape index (κ3) is 9.91. The first-order valence-electron chi connectivity index (χ1n) is 26.4. The van der Waals surface area contributed by atoms with Crippen LogP contribution in [-0.2, 0) is 14.4 Å². The first kappa shape index (κ1) is 45.5. The molecule has 3 saturated heterocycles. The Balaban J connectivity index is 0.801. The first-order valence-corrected chi connectivity index (χ1v) is 26.4. The quantitative estimate of drug-likeness (QED) is 0.0860. The van der Waals surface area contributed by atoms with Crippen LogP contribution in [0.1, 0.15) is 131 Å². The van der Waals surface area contributed by atoms with Crippen LogP contribution in [0.2, 0.25) is 0 Å². The molecule has 6 atom stereocenters. The third-order valence-corrected chi connectivity index (χ3v) is 17.0. The number of hydrogen-bond acceptors (Lipinski definition) is 9. The van der Waals surface area contributed by atoms with Crippen LogP contribution in [-0.4, -0.2) is 93.0 Å². The van der Waals surface area contributed by atoms with Crippen LogP contribution in [0, 0.1) is 17.8 Å². The molecule has 0 bridgehead atoms. The standard InChI is InChI=1S/C59H72N4O5/c1-64-52-23-20-40-33-45(17-15-42(40)36-52)58(60-67-51-27-31-66-32-28-51)48-10-8-30-63(39-48)50-22-19-44(35-50)54-25-26-57(56-14-6-5-13-55(54)56)68-61-59(47-9-7-29-62(38-47)49-11-3-4-12-49)46-18-16-43-37-53(65-2)24-21-41(43)34-46/h5-6,13-18,20-21,23-24,33-34,36-37,44,47-51,54,57H,3-4,7-12,19,22,25-32,35,38-39H2,1-2H3/b60-58-,61-59-. The van der Waals surface area contributed by atoms with Gasteiger partial charge in [0.25, 0.3) is 0 Å². The molecule has 0 N–H and O–H groups in total. The smallest absolute Gasteiger partial charge is 0.152 e. The van der Waals surface area contributed by atoms with Crippen LogP contribution >= 0.6 is 0 Å². The summed E-state index contributed by atoms with van der Waals surface area (Å²) in [6.07, 6.45) is 17.8. The first-order chi connectivity index (χ1) is 33.6. The summed E-state index contributed by atoms with van der Waals surface area (Å²) < 4.78 is 16.7. The molecule has 11 rings (SSSR count). The van der Waals surface area contributed by atoms with E-state index in [0.717, 1.165) is 94.3 Å². The van der Waals surface area contributed by atoms with Crippen molar-refractivity contribution in [3.05, 3.63) is 119 Å². The van der Waals surface area contributed by atoms with Crippen LogP contribution in [0.5, 0.6) is 11.5 Å². The minimum atomic E-state index is -0.0463. The Kier molecular flexibility index (Phi) is 14.0. The third-order valence-electron chi connectivity index (χ3n) is 17.0. The molecule has 5 aromatic rings. The van der Waals surface area contributed by atoms with Crippen molar-refractivity contribution in [1.82, 2.24) is 9.80 Å². The largest absolute Gasteiger partial charge is 0.497 e. The molecule has 0 spiro atoms. The normalized spacial score (nSPS) is 27.1. The Hall–Kier alpha value is -4.96. The molecule has 9 heteroatoms. The van der Waals surface area contributed by atoms with E-state index in [9.17, 15) is 0 Å². The molecule has 6 unspecified atom stereocenters. The predicted octanol–water partition coefficient (Wildman–Crippen LogP) is 12.5. The van der Waals surface area contributed by atoms with E-state index in [-0.39, 0.29) is 12.2 Å². The summed E-state index contributed by atoms with van der Waals surface area (Å²) in [6, 6.07) is 36.8. The van der Waals surface area contributed by atoms with Crippen LogP contribution < -0.4 is 9.47 Å². The van der Waals surface area contributed by atoms with Gasteiger partial charge in [-0.25, -0.2) is 0 Å². The number of likely N-dealkylation sites (tertiary alicyclic amines) is 2. The van der Waals surface area contributed by atoms with Gasteiger partial charge in [0.05, 0.1) is 38.9 Å². The molecule has 3 heterocycles. The number of fused-ring (bicyclic) bond motifs is 3. The summed E-state index contributed by atoms with van der Waals surface area (Å²) in [7, 11) is 3.47. The van der Waals surface area contributed by atoms with Crippen LogP contribution in [0.25, 0.3) is 21.5 Å². The molecule has 6 aliphatic rings. The summed E-state index contributed by atoms with van der Waals surface area (Å²) in [5.41, 5.74) is 7.40. The van der Waals surface area contributed by atoms with E-state index in [2.05, 4.69) is 107 Å². The zero-order valence-corrected chi connectivity index (χ0v) is 40.5. The number of nitrogens with zero attached hydrogens (tertiary/aromatic N) is 4. The predicted molar refractivity (Wildman–Crippen MR) is 273 cm³/mol. The Morgan fingerprint density at radius 3 is 1.74 bits per heavy atom. The van der Waals surface area contributed by atoms with Crippen molar-refractivity contribution in [2.75, 3.05) is 53.6 Å². The number of hydrogen-bond donors (Lipinski definition) is 0. The van der Waals surface area contributed by atoms with E-state index < -0.39 is 0 Å². The van der Waals surface area contributed by atoms with E-state index in [1.54, 1.807) is 14.2 Å². The highest BCUT2D eigenvalue weighted by molar-refractivity contribution is 6.05. The molecule has 0 radical (unpaired) electrons. The second kappa shape index (κ2) is 21.0. The highest BCUT2D eigenvalue weighted by Crippen LogP contribution is 2.49. The number of piperidine rings is 2. The Labute approximate surface area is 404 Å². The van der Waals surface area contributed by atoms with E-state index >= 15 is 0 Å². The Bertz CT molecular complexity index is 2580. The van der Waals surface area contributed by atoms with E-state index in [1.165, 1.54) is 108 Å². The molecule has 5 aromatic carbocycles. The highest BCUT2D eigenvalue weighted by Gasteiger charge is 2.41. The van der Waals surface area contributed by atoms with Gasteiger partial charge in [-0.05, 0) is 165 Å². The molecule has 358 valence electrons. The zero-order valence-electron chi connectivity index (χ0n) is 40.5. The van der Waals surface area contributed by atoms with Gasteiger partial charge >= 0.3 is 0 Å². The fourth-order valence-corrected chi connectivity index (χ4v) is 13.2. The van der Waals surface area contributed by atoms with Gasteiger partial charge in [0.2, 0.25) is 0 Å². The number of oxime groups is 2. The summed E-state index contributed by atoms with van der Waals surface area (Å²) >= 11 is 0. The number of rotatable bonds is 13. The van der Waals surface area contributed by atoms with E-state index in [4.69, 9.17) is 34.2 Å². The van der Waals surface area contributed by atoms with Gasteiger partial charge in [-0.15, -0.1) is 0 Å². The summed E-state index contributed by atoms with van der Waals surface area (Å²) in [5.74, 6) is 3.62. The maximum absolute atomic E-state index is 6.89. The van der Waals surface area contributed by atoms with Crippen LogP contribution in [0.3, 0.4) is 0 Å². The summed E-state index contributed by atoms with van der Waals surface area (Å²) in [6.45, 7) is 5.93. The molecular formula is C59H72N4O5. The zero-order chi connectivity index (χ0) is 45.8. The van der Waals surface area contributed by atoms with Crippen molar-refractivity contribution in [2.45, 2.75) is 127 Å². The lowest BCUT2D eigenvalue weighted by molar-refractivity contribution is -0.0306.